The standard InChI is InChI=1S/C13H17N3O2/c1-16(2)15-13(18)10-14-12(17)9-8-11-6-4-3-5-7-11/h3-9H,10H2,1-2H3,(H,14,17)(H,15,18)/b9-8+. The first kappa shape index (κ1) is 13.9. The summed E-state index contributed by atoms with van der Waals surface area (Å²) >= 11 is 0. The fourth-order valence-corrected chi connectivity index (χ4v) is 1.25. The average molecular weight is 247 g/mol. The van der Waals surface area contributed by atoms with Crippen molar-refractivity contribution in [3.63, 3.8) is 0 Å². The molecule has 0 fully saturated rings. The van der Waals surface area contributed by atoms with Crippen molar-refractivity contribution in [2.75, 3.05) is 20.6 Å². The van der Waals surface area contributed by atoms with Gasteiger partial charge in [-0.15, -0.1) is 0 Å². The first-order chi connectivity index (χ1) is 8.58. The molecule has 2 amide bonds. The number of hydrogen-bond acceptors (Lipinski definition) is 3. The van der Waals surface area contributed by atoms with Gasteiger partial charge in [-0.3, -0.25) is 15.0 Å². The summed E-state index contributed by atoms with van der Waals surface area (Å²) in [4.78, 5) is 22.7. The van der Waals surface area contributed by atoms with E-state index in [0.29, 0.717) is 0 Å². The SMILES string of the molecule is CN(C)NC(=O)CNC(=O)/C=C/c1ccccc1. The van der Waals surface area contributed by atoms with E-state index in [4.69, 9.17) is 0 Å². The quantitative estimate of drug-likeness (QED) is 0.585. The third kappa shape index (κ3) is 5.81. The van der Waals surface area contributed by atoms with Crippen LogP contribution in [0.15, 0.2) is 36.4 Å². The van der Waals surface area contributed by atoms with Crippen LogP contribution in [0, 0.1) is 0 Å². The maximum absolute atomic E-state index is 11.4. The van der Waals surface area contributed by atoms with Crippen LogP contribution in [0.2, 0.25) is 0 Å². The summed E-state index contributed by atoms with van der Waals surface area (Å²) in [6, 6.07) is 9.47. The highest BCUT2D eigenvalue weighted by Gasteiger charge is 2.02. The predicted molar refractivity (Wildman–Crippen MR) is 70.3 cm³/mol. The van der Waals surface area contributed by atoms with E-state index in [-0.39, 0.29) is 18.4 Å². The van der Waals surface area contributed by atoms with E-state index in [1.165, 1.54) is 11.1 Å². The van der Waals surface area contributed by atoms with Gasteiger partial charge in [-0.1, -0.05) is 30.3 Å². The Morgan fingerprint density at radius 3 is 2.50 bits per heavy atom. The van der Waals surface area contributed by atoms with Crippen molar-refractivity contribution in [2.45, 2.75) is 0 Å². The minimum atomic E-state index is -0.298. The molecule has 0 heterocycles. The Kier molecular flexibility index (Phi) is 5.60. The molecule has 1 rings (SSSR count). The Morgan fingerprint density at radius 2 is 1.89 bits per heavy atom. The van der Waals surface area contributed by atoms with Crippen LogP contribution in [-0.4, -0.2) is 37.5 Å². The molecule has 1 aromatic rings. The number of benzene rings is 1. The number of hydrazine groups is 1. The van der Waals surface area contributed by atoms with Gasteiger partial charge in [0.15, 0.2) is 0 Å². The molecule has 0 aromatic heterocycles. The van der Waals surface area contributed by atoms with E-state index in [9.17, 15) is 9.59 Å². The lowest BCUT2D eigenvalue weighted by atomic mass is 10.2. The fourth-order valence-electron chi connectivity index (χ4n) is 1.25. The Balaban J connectivity index is 2.34. The lowest BCUT2D eigenvalue weighted by molar-refractivity contribution is -0.126. The molecule has 0 spiro atoms. The summed E-state index contributed by atoms with van der Waals surface area (Å²) in [5.41, 5.74) is 3.46. The molecule has 0 aliphatic heterocycles. The Bertz CT molecular complexity index is 427. The van der Waals surface area contributed by atoms with Gasteiger partial charge in [-0.05, 0) is 11.6 Å². The zero-order chi connectivity index (χ0) is 13.4. The third-order valence-electron chi connectivity index (χ3n) is 2.00. The second kappa shape index (κ2) is 7.24. The number of hydrogen-bond donors (Lipinski definition) is 2. The van der Waals surface area contributed by atoms with Gasteiger partial charge >= 0.3 is 0 Å². The van der Waals surface area contributed by atoms with Crippen molar-refractivity contribution < 1.29 is 9.59 Å². The zero-order valence-corrected chi connectivity index (χ0v) is 10.5. The number of rotatable bonds is 5. The molecule has 2 N–H and O–H groups in total. The van der Waals surface area contributed by atoms with Crippen LogP contribution < -0.4 is 10.7 Å². The molecule has 1 aromatic carbocycles. The van der Waals surface area contributed by atoms with Gasteiger partial charge in [0.25, 0.3) is 5.91 Å². The van der Waals surface area contributed by atoms with E-state index in [0.717, 1.165) is 5.56 Å². The van der Waals surface area contributed by atoms with Crippen molar-refractivity contribution in [3.05, 3.63) is 42.0 Å². The van der Waals surface area contributed by atoms with E-state index in [2.05, 4.69) is 10.7 Å². The second-order valence-corrected chi connectivity index (χ2v) is 3.89. The van der Waals surface area contributed by atoms with Crippen LogP contribution in [0.4, 0.5) is 0 Å². The normalized spacial score (nSPS) is 10.6. The van der Waals surface area contributed by atoms with Gasteiger partial charge in [0.05, 0.1) is 6.54 Å². The Hall–Kier alpha value is -2.14. The zero-order valence-electron chi connectivity index (χ0n) is 10.5. The maximum atomic E-state index is 11.4. The van der Waals surface area contributed by atoms with E-state index in [1.54, 1.807) is 20.2 Å². The number of nitrogens with one attached hydrogen (secondary N) is 2. The molecular weight excluding hydrogens is 230 g/mol. The second-order valence-electron chi connectivity index (χ2n) is 3.89. The Labute approximate surface area is 106 Å². The molecule has 0 unspecified atom stereocenters. The molecule has 0 aliphatic carbocycles. The monoisotopic (exact) mass is 247 g/mol. The molecule has 0 bridgehead atoms. The molecule has 18 heavy (non-hydrogen) atoms. The largest absolute Gasteiger partial charge is 0.343 e. The van der Waals surface area contributed by atoms with Crippen LogP contribution in [0.3, 0.4) is 0 Å². The summed E-state index contributed by atoms with van der Waals surface area (Å²) in [7, 11) is 3.41. The van der Waals surface area contributed by atoms with Gasteiger partial charge in [0, 0.05) is 20.2 Å². The van der Waals surface area contributed by atoms with Gasteiger partial charge in [0.1, 0.15) is 0 Å². The molecule has 5 heteroatoms. The fraction of sp³-hybridized carbons (Fsp3) is 0.231. The van der Waals surface area contributed by atoms with E-state index in [1.807, 2.05) is 30.3 Å². The van der Waals surface area contributed by atoms with Crippen LogP contribution in [0.1, 0.15) is 5.56 Å². The summed E-state index contributed by atoms with van der Waals surface area (Å²) in [6.45, 7) is -0.0455. The number of nitrogens with zero attached hydrogens (tertiary/aromatic N) is 1. The first-order valence-corrected chi connectivity index (χ1v) is 5.55. The number of carbonyl (C=O) groups excluding carboxylic acids is 2. The molecular formula is C13H17N3O2. The van der Waals surface area contributed by atoms with Gasteiger partial charge in [-0.2, -0.15) is 0 Å². The van der Waals surface area contributed by atoms with E-state index >= 15 is 0 Å². The Morgan fingerprint density at radius 1 is 1.22 bits per heavy atom. The highest BCUT2D eigenvalue weighted by atomic mass is 16.2. The van der Waals surface area contributed by atoms with Crippen molar-refractivity contribution in [2.24, 2.45) is 0 Å². The lowest BCUT2D eigenvalue weighted by Crippen LogP contribution is -2.42. The van der Waals surface area contributed by atoms with Gasteiger partial charge in [-0.25, -0.2) is 5.01 Å². The van der Waals surface area contributed by atoms with Crippen molar-refractivity contribution in [3.8, 4) is 0 Å². The van der Waals surface area contributed by atoms with Gasteiger partial charge < -0.3 is 5.32 Å². The molecule has 96 valence electrons. The lowest BCUT2D eigenvalue weighted by Gasteiger charge is -2.11. The highest BCUT2D eigenvalue weighted by Crippen LogP contribution is 2.00. The molecule has 0 saturated heterocycles. The summed E-state index contributed by atoms with van der Waals surface area (Å²) < 4.78 is 0. The number of carbonyl (C=O) groups is 2. The van der Waals surface area contributed by atoms with E-state index < -0.39 is 0 Å². The van der Waals surface area contributed by atoms with Crippen LogP contribution in [0.25, 0.3) is 6.08 Å². The van der Waals surface area contributed by atoms with Crippen molar-refractivity contribution in [1.29, 1.82) is 0 Å². The predicted octanol–water partition coefficient (Wildman–Crippen LogP) is 0.409. The van der Waals surface area contributed by atoms with Gasteiger partial charge in [0.2, 0.25) is 5.91 Å². The molecule has 0 saturated carbocycles. The van der Waals surface area contributed by atoms with Crippen LogP contribution >= 0.6 is 0 Å². The average Bonchev–Trinajstić information content (AvgIpc) is 2.34. The summed E-state index contributed by atoms with van der Waals surface area (Å²) in [6.07, 6.45) is 3.09. The number of amides is 2. The third-order valence-corrected chi connectivity index (χ3v) is 2.00. The minimum absolute atomic E-state index is 0.0455. The van der Waals surface area contributed by atoms with Crippen molar-refractivity contribution in [1.82, 2.24) is 15.8 Å². The highest BCUT2D eigenvalue weighted by molar-refractivity contribution is 5.94. The smallest absolute Gasteiger partial charge is 0.253 e. The molecule has 5 nitrogen and oxygen atoms in total. The summed E-state index contributed by atoms with van der Waals surface area (Å²) in [5.74, 6) is -0.561. The minimum Gasteiger partial charge on any atom is -0.343 e. The van der Waals surface area contributed by atoms with Crippen molar-refractivity contribution >= 4 is 17.9 Å². The summed E-state index contributed by atoms with van der Waals surface area (Å²) in [5, 5.41) is 4.02. The molecule has 0 atom stereocenters. The van der Waals surface area contributed by atoms with Crippen LogP contribution in [-0.2, 0) is 9.59 Å². The first-order valence-electron chi connectivity index (χ1n) is 5.55. The molecule has 0 aliphatic rings. The molecule has 0 radical (unpaired) electrons. The maximum Gasteiger partial charge on any atom is 0.253 e. The topological polar surface area (TPSA) is 61.4 Å². The van der Waals surface area contributed by atoms with Crippen LogP contribution in [0.5, 0.6) is 0 Å².